The minimum Gasteiger partial charge on any atom is -0.494 e. The van der Waals surface area contributed by atoms with Crippen molar-refractivity contribution in [3.63, 3.8) is 0 Å². The lowest BCUT2D eigenvalue weighted by Gasteiger charge is -2.11. The van der Waals surface area contributed by atoms with Crippen molar-refractivity contribution in [3.05, 3.63) is 83.9 Å². The Morgan fingerprint density at radius 2 is 1.94 bits per heavy atom. The van der Waals surface area contributed by atoms with Crippen molar-refractivity contribution in [2.75, 3.05) is 13.4 Å². The average Bonchev–Trinajstić information content (AvgIpc) is 3.36. The number of rotatable bonds is 8. The van der Waals surface area contributed by atoms with E-state index in [-0.39, 0.29) is 12.7 Å². The fourth-order valence-electron chi connectivity index (χ4n) is 3.81. The Balaban J connectivity index is 1.40. The van der Waals surface area contributed by atoms with Crippen LogP contribution in [0.5, 0.6) is 17.2 Å². The van der Waals surface area contributed by atoms with Crippen LogP contribution < -0.4 is 19.6 Å². The van der Waals surface area contributed by atoms with Crippen LogP contribution in [0.3, 0.4) is 0 Å². The third kappa shape index (κ3) is 5.09. The summed E-state index contributed by atoms with van der Waals surface area (Å²) in [4.78, 5) is 17.9. The second-order valence-corrected chi connectivity index (χ2v) is 8.11. The monoisotopic (exact) mass is 467 g/mol. The summed E-state index contributed by atoms with van der Waals surface area (Å²) in [6.45, 7) is 3.00. The molecule has 3 aromatic carbocycles. The van der Waals surface area contributed by atoms with Crippen LogP contribution >= 0.6 is 0 Å². The summed E-state index contributed by atoms with van der Waals surface area (Å²) in [7, 11) is 0. The van der Waals surface area contributed by atoms with E-state index in [1.807, 2.05) is 66.7 Å². The van der Waals surface area contributed by atoms with E-state index in [4.69, 9.17) is 19.2 Å². The molecule has 0 saturated heterocycles. The number of amides is 1. The highest BCUT2D eigenvalue weighted by atomic mass is 16.7. The molecule has 0 aliphatic carbocycles. The van der Waals surface area contributed by atoms with Crippen molar-refractivity contribution in [1.82, 2.24) is 10.4 Å². The number of pyridine rings is 1. The third-order valence-electron chi connectivity index (χ3n) is 5.63. The van der Waals surface area contributed by atoms with Gasteiger partial charge >= 0.3 is 0 Å². The smallest absolute Gasteiger partial charge is 0.272 e. The molecule has 1 aliphatic heterocycles. The molecule has 1 amide bonds. The van der Waals surface area contributed by atoms with Crippen molar-refractivity contribution in [2.45, 2.75) is 19.8 Å². The largest absolute Gasteiger partial charge is 0.494 e. The van der Waals surface area contributed by atoms with Gasteiger partial charge in [-0.3, -0.25) is 4.79 Å². The molecule has 176 valence electrons. The van der Waals surface area contributed by atoms with E-state index in [0.29, 0.717) is 29.4 Å². The van der Waals surface area contributed by atoms with E-state index in [0.717, 1.165) is 40.6 Å². The Kier molecular flexibility index (Phi) is 6.57. The Morgan fingerprint density at radius 3 is 2.86 bits per heavy atom. The third-order valence-corrected chi connectivity index (χ3v) is 5.63. The van der Waals surface area contributed by atoms with Crippen molar-refractivity contribution in [2.24, 2.45) is 5.10 Å². The summed E-state index contributed by atoms with van der Waals surface area (Å²) in [6, 6.07) is 22.6. The number of hydrogen-bond acceptors (Lipinski definition) is 6. The standard InChI is InChI=1S/C28H25N3O4/c1-2-3-13-33-21-8-6-7-20(15-21)25-16-23(22-9-4-5-10-24(22)30-25)28(32)31-29-17-19-11-12-26-27(14-19)35-18-34-26/h4-12,14-17H,2-3,13,18H2,1H3,(H,31,32). The second-order valence-electron chi connectivity index (χ2n) is 8.11. The van der Waals surface area contributed by atoms with Gasteiger partial charge in [0.05, 0.1) is 29.6 Å². The zero-order valence-corrected chi connectivity index (χ0v) is 19.4. The van der Waals surface area contributed by atoms with Crippen LogP contribution in [0.1, 0.15) is 35.7 Å². The summed E-state index contributed by atoms with van der Waals surface area (Å²) in [6.07, 6.45) is 3.64. The van der Waals surface area contributed by atoms with Crippen molar-refractivity contribution < 1.29 is 19.0 Å². The molecule has 1 N–H and O–H groups in total. The van der Waals surface area contributed by atoms with Gasteiger partial charge in [0.1, 0.15) is 5.75 Å². The summed E-state index contributed by atoms with van der Waals surface area (Å²) >= 11 is 0. The molecule has 4 aromatic rings. The van der Waals surface area contributed by atoms with Gasteiger partial charge in [0.25, 0.3) is 5.91 Å². The zero-order chi connectivity index (χ0) is 24.0. The molecule has 0 unspecified atom stereocenters. The predicted molar refractivity (Wildman–Crippen MR) is 135 cm³/mol. The Bertz CT molecular complexity index is 1400. The maximum atomic E-state index is 13.1. The van der Waals surface area contributed by atoms with E-state index in [9.17, 15) is 4.79 Å². The topological polar surface area (TPSA) is 82.0 Å². The summed E-state index contributed by atoms with van der Waals surface area (Å²) in [5, 5.41) is 4.90. The zero-order valence-electron chi connectivity index (χ0n) is 19.4. The minimum absolute atomic E-state index is 0.206. The number of fused-ring (bicyclic) bond motifs is 2. The first-order valence-electron chi connectivity index (χ1n) is 11.6. The molecule has 0 atom stereocenters. The fraction of sp³-hybridized carbons (Fsp3) is 0.179. The van der Waals surface area contributed by atoms with Gasteiger partial charge in [-0.25, -0.2) is 10.4 Å². The summed E-state index contributed by atoms with van der Waals surface area (Å²) in [5.41, 5.74) is 6.21. The first-order chi connectivity index (χ1) is 17.2. The molecular formula is C28H25N3O4. The average molecular weight is 468 g/mol. The lowest BCUT2D eigenvalue weighted by molar-refractivity contribution is 0.0956. The van der Waals surface area contributed by atoms with Crippen LogP contribution in [0.2, 0.25) is 0 Å². The van der Waals surface area contributed by atoms with Gasteiger partial charge in [-0.05, 0) is 54.4 Å². The van der Waals surface area contributed by atoms with Gasteiger partial charge in [0.2, 0.25) is 6.79 Å². The molecule has 5 rings (SSSR count). The summed E-state index contributed by atoms with van der Waals surface area (Å²) < 4.78 is 16.6. The van der Waals surface area contributed by atoms with Gasteiger partial charge in [-0.1, -0.05) is 43.7 Å². The van der Waals surface area contributed by atoms with E-state index < -0.39 is 0 Å². The number of nitrogens with zero attached hydrogens (tertiary/aromatic N) is 2. The Morgan fingerprint density at radius 1 is 1.06 bits per heavy atom. The van der Waals surface area contributed by atoms with Crippen LogP contribution in [0, 0.1) is 0 Å². The number of carbonyl (C=O) groups is 1. The van der Waals surface area contributed by atoms with E-state index in [2.05, 4.69) is 17.5 Å². The molecule has 1 aliphatic rings. The molecule has 0 radical (unpaired) electrons. The quantitative estimate of drug-likeness (QED) is 0.208. The highest BCUT2D eigenvalue weighted by molar-refractivity contribution is 6.07. The number of nitrogens with one attached hydrogen (secondary N) is 1. The van der Waals surface area contributed by atoms with Crippen molar-refractivity contribution >= 4 is 23.0 Å². The van der Waals surface area contributed by atoms with Gasteiger partial charge < -0.3 is 14.2 Å². The lowest BCUT2D eigenvalue weighted by atomic mass is 10.0. The van der Waals surface area contributed by atoms with Gasteiger partial charge in [0.15, 0.2) is 11.5 Å². The van der Waals surface area contributed by atoms with E-state index in [1.165, 1.54) is 0 Å². The predicted octanol–water partition coefficient (Wildman–Crippen LogP) is 5.57. The highest BCUT2D eigenvalue weighted by Gasteiger charge is 2.15. The lowest BCUT2D eigenvalue weighted by Crippen LogP contribution is -2.18. The molecule has 0 bridgehead atoms. The van der Waals surface area contributed by atoms with E-state index >= 15 is 0 Å². The first kappa shape index (κ1) is 22.4. The molecule has 35 heavy (non-hydrogen) atoms. The number of para-hydroxylation sites is 1. The number of carbonyl (C=O) groups excluding carboxylic acids is 1. The number of unbranched alkanes of at least 4 members (excludes halogenated alkanes) is 1. The van der Waals surface area contributed by atoms with Gasteiger partial charge in [0, 0.05) is 10.9 Å². The second kappa shape index (κ2) is 10.3. The van der Waals surface area contributed by atoms with Crippen LogP contribution in [0.4, 0.5) is 0 Å². The maximum absolute atomic E-state index is 13.1. The Labute approximate surface area is 203 Å². The number of ether oxygens (including phenoxy) is 3. The Hall–Kier alpha value is -4.39. The molecule has 0 spiro atoms. The van der Waals surface area contributed by atoms with Crippen LogP contribution in [-0.4, -0.2) is 30.5 Å². The van der Waals surface area contributed by atoms with Gasteiger partial charge in [-0.2, -0.15) is 5.10 Å². The van der Waals surface area contributed by atoms with Crippen LogP contribution in [0.15, 0.2) is 77.9 Å². The van der Waals surface area contributed by atoms with Crippen LogP contribution in [0.25, 0.3) is 22.2 Å². The molecule has 1 aromatic heterocycles. The molecule has 7 heteroatoms. The van der Waals surface area contributed by atoms with E-state index in [1.54, 1.807) is 12.3 Å². The number of benzene rings is 3. The molecule has 7 nitrogen and oxygen atoms in total. The van der Waals surface area contributed by atoms with Crippen molar-refractivity contribution in [1.29, 1.82) is 0 Å². The van der Waals surface area contributed by atoms with Gasteiger partial charge in [-0.15, -0.1) is 0 Å². The normalized spacial score (nSPS) is 12.3. The molecule has 0 fully saturated rings. The number of aromatic nitrogens is 1. The highest BCUT2D eigenvalue weighted by Crippen LogP contribution is 2.32. The fourth-order valence-corrected chi connectivity index (χ4v) is 3.81. The first-order valence-corrected chi connectivity index (χ1v) is 11.6. The number of hydrazone groups is 1. The SMILES string of the molecule is CCCCOc1cccc(-c2cc(C(=O)NN=Cc3ccc4c(c3)OCO4)c3ccccc3n2)c1. The molecule has 2 heterocycles. The minimum atomic E-state index is -0.322. The number of hydrogen-bond donors (Lipinski definition) is 1. The molecular weight excluding hydrogens is 442 g/mol. The van der Waals surface area contributed by atoms with Crippen LogP contribution in [-0.2, 0) is 0 Å². The summed E-state index contributed by atoms with van der Waals surface area (Å²) in [5.74, 6) is 1.81. The maximum Gasteiger partial charge on any atom is 0.272 e. The molecule has 0 saturated carbocycles. The van der Waals surface area contributed by atoms with Crippen molar-refractivity contribution in [3.8, 4) is 28.5 Å².